The summed E-state index contributed by atoms with van der Waals surface area (Å²) in [5.74, 6) is 0. The van der Waals surface area contributed by atoms with Gasteiger partial charge in [0.05, 0.1) is 10.6 Å². The molecule has 0 saturated heterocycles. The number of hydrogen-bond donors (Lipinski definition) is 0. The maximum atomic E-state index is 10.3. The zero-order valence-corrected chi connectivity index (χ0v) is 7.75. The highest BCUT2D eigenvalue weighted by Crippen LogP contribution is 2.17. The molecule has 0 aliphatic carbocycles. The lowest BCUT2D eigenvalue weighted by Crippen LogP contribution is -1.85. The van der Waals surface area contributed by atoms with Gasteiger partial charge in [-0.25, -0.2) is 0 Å². The molecule has 0 aliphatic heterocycles. The average molecular weight is 190 g/mol. The first-order valence-corrected chi connectivity index (χ1v) is 4.14. The van der Waals surface area contributed by atoms with Gasteiger partial charge in [-0.1, -0.05) is 6.08 Å². The molecule has 4 nitrogen and oxygen atoms in total. The molecule has 0 bridgehead atoms. The molecule has 1 aromatic carbocycles. The molecule has 0 radical (unpaired) electrons. The monoisotopic (exact) mass is 190 g/mol. The number of hydrogen-bond acceptors (Lipinski definition) is 3. The van der Waals surface area contributed by atoms with Crippen LogP contribution in [0.2, 0.25) is 0 Å². The Morgan fingerprint density at radius 3 is 2.50 bits per heavy atom. The summed E-state index contributed by atoms with van der Waals surface area (Å²) in [5.41, 5.74) is 0.781. The second kappa shape index (κ2) is 4.91. The van der Waals surface area contributed by atoms with Crippen molar-refractivity contribution >= 4 is 17.6 Å². The highest BCUT2D eigenvalue weighted by molar-refractivity contribution is 5.74. The van der Waals surface area contributed by atoms with Gasteiger partial charge in [0.15, 0.2) is 0 Å². The second-order valence-electron chi connectivity index (χ2n) is 2.58. The minimum atomic E-state index is -0.431. The van der Waals surface area contributed by atoms with Crippen LogP contribution in [0, 0.1) is 10.1 Å². The topological polar surface area (TPSA) is 55.5 Å². The summed E-state index contributed by atoms with van der Waals surface area (Å²) >= 11 is 0. The average Bonchev–Trinajstić information content (AvgIpc) is 2.19. The van der Waals surface area contributed by atoms with E-state index in [1.165, 1.54) is 12.1 Å². The van der Waals surface area contributed by atoms with Crippen molar-refractivity contribution in [2.75, 3.05) is 0 Å². The Kier molecular flexibility index (Phi) is 3.55. The molecule has 4 heteroatoms. The summed E-state index contributed by atoms with van der Waals surface area (Å²) in [4.78, 5) is 14.0. The van der Waals surface area contributed by atoms with Crippen LogP contribution in [0.4, 0.5) is 11.4 Å². The smallest absolute Gasteiger partial charge is 0.258 e. The van der Waals surface area contributed by atoms with E-state index in [-0.39, 0.29) is 5.69 Å². The van der Waals surface area contributed by atoms with Crippen LogP contribution in [-0.2, 0) is 0 Å². The number of benzene rings is 1. The molecule has 1 aromatic rings. The quantitative estimate of drug-likeness (QED) is 0.418. The first kappa shape index (κ1) is 10.1. The van der Waals surface area contributed by atoms with Gasteiger partial charge in [-0.05, 0) is 25.1 Å². The number of aliphatic imine (C=N–C) groups is 1. The number of nitrogens with zero attached hydrogens (tertiary/aromatic N) is 2. The van der Waals surface area contributed by atoms with Crippen molar-refractivity contribution in [3.8, 4) is 0 Å². The third-order valence-electron chi connectivity index (χ3n) is 1.56. The van der Waals surface area contributed by atoms with E-state index in [0.717, 1.165) is 0 Å². The number of non-ortho nitro benzene ring substituents is 1. The Balaban J connectivity index is 2.78. The fourth-order valence-corrected chi connectivity index (χ4v) is 0.876. The number of rotatable bonds is 3. The van der Waals surface area contributed by atoms with Gasteiger partial charge in [-0.2, -0.15) is 0 Å². The summed E-state index contributed by atoms with van der Waals surface area (Å²) < 4.78 is 0. The summed E-state index contributed by atoms with van der Waals surface area (Å²) in [7, 11) is 0. The molecule has 14 heavy (non-hydrogen) atoms. The summed E-state index contributed by atoms with van der Waals surface area (Å²) in [6.07, 6.45) is 5.29. The van der Waals surface area contributed by atoms with Gasteiger partial charge in [0, 0.05) is 18.3 Å². The maximum absolute atomic E-state index is 10.3. The number of nitro groups is 1. The van der Waals surface area contributed by atoms with Crippen molar-refractivity contribution < 1.29 is 4.92 Å². The molecule has 0 unspecified atom stereocenters. The van der Waals surface area contributed by atoms with Crippen LogP contribution in [-0.4, -0.2) is 11.1 Å². The highest BCUT2D eigenvalue weighted by atomic mass is 16.6. The van der Waals surface area contributed by atoms with E-state index in [0.29, 0.717) is 5.69 Å². The Labute approximate surface area is 81.7 Å². The van der Waals surface area contributed by atoms with Gasteiger partial charge in [0.2, 0.25) is 0 Å². The van der Waals surface area contributed by atoms with Crippen molar-refractivity contribution in [1.29, 1.82) is 0 Å². The van der Waals surface area contributed by atoms with Crippen LogP contribution in [0.25, 0.3) is 0 Å². The molecular weight excluding hydrogens is 180 g/mol. The Hall–Kier alpha value is -1.97. The summed E-state index contributed by atoms with van der Waals surface area (Å²) in [6.45, 7) is 1.89. The minimum absolute atomic E-state index is 0.0787. The van der Waals surface area contributed by atoms with Gasteiger partial charge >= 0.3 is 0 Å². The van der Waals surface area contributed by atoms with Crippen molar-refractivity contribution in [3.05, 3.63) is 46.5 Å². The lowest BCUT2D eigenvalue weighted by atomic mass is 10.3. The van der Waals surface area contributed by atoms with E-state index in [1.54, 1.807) is 24.4 Å². The van der Waals surface area contributed by atoms with Gasteiger partial charge in [0.25, 0.3) is 5.69 Å². The molecule has 1 rings (SSSR count). The summed E-state index contributed by atoms with van der Waals surface area (Å²) in [5, 5.41) is 10.3. The molecule has 0 atom stereocenters. The van der Waals surface area contributed by atoms with Gasteiger partial charge in [-0.3, -0.25) is 15.1 Å². The molecule has 0 N–H and O–H groups in total. The Bertz CT molecular complexity index is 366. The number of allylic oxidation sites excluding steroid dienone is 2. The zero-order chi connectivity index (χ0) is 10.4. The van der Waals surface area contributed by atoms with E-state index < -0.39 is 4.92 Å². The van der Waals surface area contributed by atoms with Gasteiger partial charge < -0.3 is 0 Å². The van der Waals surface area contributed by atoms with Crippen LogP contribution in [0.5, 0.6) is 0 Å². The minimum Gasteiger partial charge on any atom is -0.258 e. The van der Waals surface area contributed by atoms with Crippen LogP contribution in [0.3, 0.4) is 0 Å². The van der Waals surface area contributed by atoms with Crippen LogP contribution in [0.15, 0.2) is 41.4 Å². The zero-order valence-electron chi connectivity index (χ0n) is 7.75. The first-order chi connectivity index (χ1) is 6.74. The van der Waals surface area contributed by atoms with Gasteiger partial charge in [0.1, 0.15) is 0 Å². The predicted molar refractivity (Wildman–Crippen MR) is 56.1 cm³/mol. The van der Waals surface area contributed by atoms with Crippen LogP contribution in [0.1, 0.15) is 6.92 Å². The Morgan fingerprint density at radius 2 is 2.00 bits per heavy atom. The summed E-state index contributed by atoms with van der Waals surface area (Å²) in [6, 6.07) is 6.08. The molecule has 0 aromatic heterocycles. The van der Waals surface area contributed by atoms with Crippen molar-refractivity contribution in [1.82, 2.24) is 0 Å². The molecule has 0 heterocycles. The molecule has 0 aliphatic rings. The van der Waals surface area contributed by atoms with E-state index in [4.69, 9.17) is 0 Å². The predicted octanol–water partition coefficient (Wildman–Crippen LogP) is 2.87. The van der Waals surface area contributed by atoms with E-state index in [1.807, 2.05) is 13.0 Å². The molecule has 72 valence electrons. The first-order valence-electron chi connectivity index (χ1n) is 4.14. The number of nitro benzene ring substituents is 1. The molecule has 0 fully saturated rings. The lowest BCUT2D eigenvalue weighted by molar-refractivity contribution is -0.384. The fraction of sp³-hybridized carbons (Fsp3) is 0.100. The third kappa shape index (κ3) is 2.82. The Morgan fingerprint density at radius 1 is 1.36 bits per heavy atom. The second-order valence-corrected chi connectivity index (χ2v) is 2.58. The van der Waals surface area contributed by atoms with Crippen LogP contribution < -0.4 is 0 Å². The maximum Gasteiger partial charge on any atom is 0.269 e. The SMILES string of the molecule is C/C=C/C=Nc1ccc([N+](=O)[O-])cc1. The normalized spacial score (nSPS) is 11.2. The van der Waals surface area contributed by atoms with E-state index >= 15 is 0 Å². The third-order valence-corrected chi connectivity index (χ3v) is 1.56. The van der Waals surface area contributed by atoms with Crippen molar-refractivity contribution in [3.63, 3.8) is 0 Å². The fourth-order valence-electron chi connectivity index (χ4n) is 0.876. The largest absolute Gasteiger partial charge is 0.269 e. The molecule has 0 amide bonds. The van der Waals surface area contributed by atoms with Crippen molar-refractivity contribution in [2.45, 2.75) is 6.92 Å². The molecular formula is C10H10N2O2. The van der Waals surface area contributed by atoms with Crippen LogP contribution >= 0.6 is 0 Å². The standard InChI is InChI=1S/C10H10N2O2/c1-2-3-8-11-9-4-6-10(7-5-9)12(13)14/h2-8H,1H3/b3-2+,11-8?. The lowest BCUT2D eigenvalue weighted by Gasteiger charge is -1.91. The molecule has 0 saturated carbocycles. The highest BCUT2D eigenvalue weighted by Gasteiger charge is 2.02. The van der Waals surface area contributed by atoms with Gasteiger partial charge in [-0.15, -0.1) is 0 Å². The van der Waals surface area contributed by atoms with E-state index in [9.17, 15) is 10.1 Å². The molecule has 0 spiro atoms. The van der Waals surface area contributed by atoms with E-state index in [2.05, 4.69) is 4.99 Å². The van der Waals surface area contributed by atoms with Crippen molar-refractivity contribution in [2.24, 2.45) is 4.99 Å².